The summed E-state index contributed by atoms with van der Waals surface area (Å²) in [6.07, 6.45) is 4.22. The Balaban J connectivity index is 1.85. The van der Waals surface area contributed by atoms with E-state index in [1.54, 1.807) is 0 Å². The molecule has 3 heteroatoms. The molecule has 3 nitrogen and oxygen atoms in total. The Kier molecular flexibility index (Phi) is 2.48. The zero-order valence-corrected chi connectivity index (χ0v) is 9.43. The van der Waals surface area contributed by atoms with Crippen molar-refractivity contribution >= 4 is 11.4 Å². The van der Waals surface area contributed by atoms with Gasteiger partial charge in [0.1, 0.15) is 0 Å². The van der Waals surface area contributed by atoms with Gasteiger partial charge in [-0.15, -0.1) is 0 Å². The van der Waals surface area contributed by atoms with Crippen molar-refractivity contribution in [3.05, 3.63) is 24.3 Å². The van der Waals surface area contributed by atoms with Crippen LogP contribution in [-0.4, -0.2) is 25.3 Å². The van der Waals surface area contributed by atoms with Crippen molar-refractivity contribution in [2.45, 2.75) is 31.4 Å². The molecule has 1 aliphatic carbocycles. The molecule has 1 saturated carbocycles. The molecular formula is C13H18N2O. The van der Waals surface area contributed by atoms with Gasteiger partial charge in [0, 0.05) is 17.9 Å². The van der Waals surface area contributed by atoms with Gasteiger partial charge >= 0.3 is 0 Å². The highest BCUT2D eigenvalue weighted by atomic mass is 16.5. The number of rotatable bonds is 1. The van der Waals surface area contributed by atoms with Gasteiger partial charge in [-0.3, -0.25) is 0 Å². The largest absolute Gasteiger partial charge is 0.399 e. The average Bonchev–Trinajstić information content (AvgIpc) is 2.78. The van der Waals surface area contributed by atoms with Crippen LogP contribution in [0.25, 0.3) is 0 Å². The van der Waals surface area contributed by atoms with Crippen LogP contribution in [0.2, 0.25) is 0 Å². The number of anilines is 2. The van der Waals surface area contributed by atoms with Crippen LogP contribution in [0.1, 0.15) is 19.3 Å². The second kappa shape index (κ2) is 3.98. The summed E-state index contributed by atoms with van der Waals surface area (Å²) in [4.78, 5) is 2.49. The molecule has 86 valence electrons. The maximum absolute atomic E-state index is 5.81. The lowest BCUT2D eigenvalue weighted by Gasteiger charge is -2.39. The molecule has 0 aromatic heterocycles. The Morgan fingerprint density at radius 3 is 2.81 bits per heavy atom. The van der Waals surface area contributed by atoms with Crippen LogP contribution in [0.5, 0.6) is 0 Å². The molecule has 1 saturated heterocycles. The van der Waals surface area contributed by atoms with E-state index in [1.807, 2.05) is 12.1 Å². The number of nitrogens with two attached hydrogens (primary N) is 1. The quantitative estimate of drug-likeness (QED) is 0.733. The molecule has 0 amide bonds. The molecule has 16 heavy (non-hydrogen) atoms. The Bertz CT molecular complexity index is 363. The smallest absolute Gasteiger partial charge is 0.0779 e. The van der Waals surface area contributed by atoms with E-state index in [2.05, 4.69) is 17.0 Å². The fraction of sp³-hybridized carbons (Fsp3) is 0.538. The first-order chi connectivity index (χ1) is 7.84. The van der Waals surface area contributed by atoms with Crippen molar-refractivity contribution in [2.75, 3.05) is 23.8 Å². The zero-order chi connectivity index (χ0) is 11.0. The first kappa shape index (κ1) is 9.97. The maximum Gasteiger partial charge on any atom is 0.0779 e. The highest BCUT2D eigenvalue weighted by molar-refractivity contribution is 5.54. The lowest BCUT2D eigenvalue weighted by atomic mass is 10.1. The summed E-state index contributed by atoms with van der Waals surface area (Å²) in [5.74, 6) is 0. The van der Waals surface area contributed by atoms with Gasteiger partial charge in [0.15, 0.2) is 0 Å². The minimum absolute atomic E-state index is 0.450. The Morgan fingerprint density at radius 2 is 2.00 bits per heavy atom. The van der Waals surface area contributed by atoms with Crippen LogP contribution >= 0.6 is 0 Å². The molecule has 0 spiro atoms. The lowest BCUT2D eigenvalue weighted by Crippen LogP contribution is -2.48. The molecule has 2 fully saturated rings. The molecular weight excluding hydrogens is 200 g/mol. The van der Waals surface area contributed by atoms with Gasteiger partial charge in [0.25, 0.3) is 0 Å². The number of nitrogen functional groups attached to an aromatic ring is 1. The number of nitrogens with zero attached hydrogens (tertiary/aromatic N) is 1. The fourth-order valence-corrected chi connectivity index (χ4v) is 2.91. The predicted molar refractivity (Wildman–Crippen MR) is 65.6 cm³/mol. The average molecular weight is 218 g/mol. The zero-order valence-electron chi connectivity index (χ0n) is 9.43. The lowest BCUT2D eigenvalue weighted by molar-refractivity contribution is 0.0256. The number of morpholine rings is 1. The van der Waals surface area contributed by atoms with Crippen molar-refractivity contribution in [1.29, 1.82) is 0 Å². The second-order valence-electron chi connectivity index (χ2n) is 4.69. The van der Waals surface area contributed by atoms with E-state index < -0.39 is 0 Å². The van der Waals surface area contributed by atoms with Crippen LogP contribution < -0.4 is 10.6 Å². The maximum atomic E-state index is 5.81. The molecule has 2 atom stereocenters. The minimum atomic E-state index is 0.450. The summed E-state index contributed by atoms with van der Waals surface area (Å²) in [6, 6.07) is 8.78. The van der Waals surface area contributed by atoms with E-state index in [0.717, 1.165) is 18.8 Å². The summed E-state index contributed by atoms with van der Waals surface area (Å²) in [6.45, 7) is 1.86. The first-order valence-electron chi connectivity index (χ1n) is 6.08. The van der Waals surface area contributed by atoms with Crippen LogP contribution in [-0.2, 0) is 4.74 Å². The van der Waals surface area contributed by atoms with E-state index in [4.69, 9.17) is 10.5 Å². The van der Waals surface area contributed by atoms with Gasteiger partial charge in [-0.1, -0.05) is 0 Å². The Labute approximate surface area is 96.2 Å². The third kappa shape index (κ3) is 1.65. The van der Waals surface area contributed by atoms with E-state index in [0.29, 0.717) is 12.1 Å². The highest BCUT2D eigenvalue weighted by Crippen LogP contribution is 2.33. The van der Waals surface area contributed by atoms with Crippen molar-refractivity contribution in [1.82, 2.24) is 0 Å². The molecule has 2 N–H and O–H groups in total. The molecule has 1 aromatic rings. The van der Waals surface area contributed by atoms with Gasteiger partial charge < -0.3 is 15.4 Å². The molecule has 3 rings (SSSR count). The van der Waals surface area contributed by atoms with Gasteiger partial charge in [-0.2, -0.15) is 0 Å². The molecule has 0 radical (unpaired) electrons. The van der Waals surface area contributed by atoms with E-state index in [9.17, 15) is 0 Å². The van der Waals surface area contributed by atoms with E-state index in [-0.39, 0.29) is 0 Å². The molecule has 2 unspecified atom stereocenters. The summed E-state index contributed by atoms with van der Waals surface area (Å²) >= 11 is 0. The van der Waals surface area contributed by atoms with E-state index >= 15 is 0 Å². The number of fused-ring (bicyclic) bond motifs is 1. The highest BCUT2D eigenvalue weighted by Gasteiger charge is 2.35. The van der Waals surface area contributed by atoms with Crippen LogP contribution in [0.3, 0.4) is 0 Å². The molecule has 0 bridgehead atoms. The van der Waals surface area contributed by atoms with Crippen molar-refractivity contribution in [3.8, 4) is 0 Å². The van der Waals surface area contributed by atoms with E-state index in [1.165, 1.54) is 24.9 Å². The van der Waals surface area contributed by atoms with Crippen LogP contribution in [0, 0.1) is 0 Å². The predicted octanol–water partition coefficient (Wildman–Crippen LogP) is 2.03. The van der Waals surface area contributed by atoms with Gasteiger partial charge in [0.2, 0.25) is 0 Å². The molecule has 2 aliphatic rings. The molecule has 1 heterocycles. The summed E-state index contributed by atoms with van der Waals surface area (Å²) < 4.78 is 5.81. The monoisotopic (exact) mass is 218 g/mol. The van der Waals surface area contributed by atoms with Crippen molar-refractivity contribution < 1.29 is 4.74 Å². The molecule has 1 aromatic carbocycles. The van der Waals surface area contributed by atoms with Crippen LogP contribution in [0.15, 0.2) is 24.3 Å². The standard InChI is InChI=1S/C13H18N2O/c14-10-4-6-11(7-5-10)15-8-9-16-13-3-1-2-12(13)15/h4-7,12-13H,1-3,8-9,14H2. The topological polar surface area (TPSA) is 38.5 Å². The summed E-state index contributed by atoms with van der Waals surface area (Å²) in [5, 5.41) is 0. The first-order valence-corrected chi connectivity index (χ1v) is 6.08. The van der Waals surface area contributed by atoms with Gasteiger partial charge in [0.05, 0.1) is 18.8 Å². The third-order valence-corrected chi connectivity index (χ3v) is 3.71. The van der Waals surface area contributed by atoms with Gasteiger partial charge in [-0.25, -0.2) is 0 Å². The normalized spacial score (nSPS) is 29.1. The molecule has 1 aliphatic heterocycles. The number of hydrogen-bond acceptors (Lipinski definition) is 3. The van der Waals surface area contributed by atoms with Crippen LogP contribution in [0.4, 0.5) is 11.4 Å². The SMILES string of the molecule is Nc1ccc(N2CCOC3CCCC32)cc1. The summed E-state index contributed by atoms with van der Waals surface area (Å²) in [5.41, 5.74) is 7.84. The van der Waals surface area contributed by atoms with Crippen molar-refractivity contribution in [2.24, 2.45) is 0 Å². The Morgan fingerprint density at radius 1 is 1.19 bits per heavy atom. The fourth-order valence-electron chi connectivity index (χ4n) is 2.91. The third-order valence-electron chi connectivity index (χ3n) is 3.71. The number of hydrogen-bond donors (Lipinski definition) is 1. The number of benzene rings is 1. The van der Waals surface area contributed by atoms with Gasteiger partial charge in [-0.05, 0) is 43.5 Å². The van der Waals surface area contributed by atoms with Crippen molar-refractivity contribution in [3.63, 3.8) is 0 Å². The minimum Gasteiger partial charge on any atom is -0.399 e. The summed E-state index contributed by atoms with van der Waals surface area (Å²) in [7, 11) is 0. The Hall–Kier alpha value is -1.22. The second-order valence-corrected chi connectivity index (χ2v) is 4.69. The number of ether oxygens (including phenoxy) is 1.